The molecule has 4 nitrogen and oxygen atoms in total. The Kier molecular flexibility index (Phi) is 4.18. The van der Waals surface area contributed by atoms with Gasteiger partial charge >= 0.3 is 0 Å². The van der Waals surface area contributed by atoms with Gasteiger partial charge in [-0.25, -0.2) is 5.10 Å². The van der Waals surface area contributed by atoms with Gasteiger partial charge in [-0.05, 0) is 36.8 Å². The summed E-state index contributed by atoms with van der Waals surface area (Å²) >= 11 is 11.3. The Hall–Kier alpha value is -2.24. The predicted molar refractivity (Wildman–Crippen MR) is 92.0 cm³/mol. The number of nitrogens with one attached hydrogen (secondary N) is 1. The van der Waals surface area contributed by atoms with Crippen molar-refractivity contribution in [2.75, 3.05) is 0 Å². The standard InChI is InChI=1S/C16H13ClN4S/c1-11-4-2-5-12(8-11)10-18-21-15(19-20-16(21)22)13-6-3-7-14(17)9-13/h2-10H,1H3,(H,20,22). The van der Waals surface area contributed by atoms with E-state index in [9.17, 15) is 0 Å². The van der Waals surface area contributed by atoms with E-state index in [-0.39, 0.29) is 0 Å². The van der Waals surface area contributed by atoms with E-state index in [0.717, 1.165) is 11.1 Å². The lowest BCUT2D eigenvalue weighted by molar-refractivity contribution is 0.871. The second-order valence-corrected chi connectivity index (χ2v) is 5.66. The summed E-state index contributed by atoms with van der Waals surface area (Å²) in [5.41, 5.74) is 3.02. The van der Waals surface area contributed by atoms with Crippen molar-refractivity contribution < 1.29 is 0 Å². The number of hydrogen-bond donors (Lipinski definition) is 1. The van der Waals surface area contributed by atoms with E-state index in [4.69, 9.17) is 23.8 Å². The molecular formula is C16H13ClN4S. The molecule has 110 valence electrons. The highest BCUT2D eigenvalue weighted by Gasteiger charge is 2.08. The molecule has 0 amide bonds. The molecular weight excluding hydrogens is 316 g/mol. The number of H-pyrrole nitrogens is 1. The van der Waals surface area contributed by atoms with Gasteiger partial charge in [0, 0.05) is 10.6 Å². The van der Waals surface area contributed by atoms with Crippen LogP contribution in [0.25, 0.3) is 11.4 Å². The van der Waals surface area contributed by atoms with E-state index < -0.39 is 0 Å². The fraction of sp³-hybridized carbons (Fsp3) is 0.0625. The number of aryl methyl sites for hydroxylation is 1. The summed E-state index contributed by atoms with van der Waals surface area (Å²) in [7, 11) is 0. The molecule has 22 heavy (non-hydrogen) atoms. The van der Waals surface area contributed by atoms with Crippen molar-refractivity contribution in [3.8, 4) is 11.4 Å². The van der Waals surface area contributed by atoms with E-state index >= 15 is 0 Å². The minimum atomic E-state index is 0.430. The van der Waals surface area contributed by atoms with E-state index in [1.54, 1.807) is 10.9 Å². The third-order valence-electron chi connectivity index (χ3n) is 3.10. The van der Waals surface area contributed by atoms with E-state index in [0.29, 0.717) is 15.6 Å². The highest BCUT2D eigenvalue weighted by Crippen LogP contribution is 2.21. The monoisotopic (exact) mass is 328 g/mol. The predicted octanol–water partition coefficient (Wildman–Crippen LogP) is 4.45. The smallest absolute Gasteiger partial charge is 0.216 e. The molecule has 3 rings (SSSR count). The van der Waals surface area contributed by atoms with Crippen LogP contribution < -0.4 is 0 Å². The van der Waals surface area contributed by atoms with Gasteiger partial charge in [0.15, 0.2) is 5.82 Å². The molecule has 0 aliphatic rings. The van der Waals surface area contributed by atoms with Gasteiger partial charge in [-0.3, -0.25) is 0 Å². The van der Waals surface area contributed by atoms with Crippen LogP contribution in [0.1, 0.15) is 11.1 Å². The first-order chi connectivity index (χ1) is 10.6. The quantitative estimate of drug-likeness (QED) is 0.570. The Bertz CT molecular complexity index is 895. The minimum absolute atomic E-state index is 0.430. The molecule has 0 fully saturated rings. The first-order valence-electron chi connectivity index (χ1n) is 6.68. The molecule has 6 heteroatoms. The van der Waals surface area contributed by atoms with Crippen LogP contribution in [-0.2, 0) is 0 Å². The molecule has 1 heterocycles. The zero-order valence-electron chi connectivity index (χ0n) is 11.8. The number of hydrogen-bond acceptors (Lipinski definition) is 3. The number of rotatable bonds is 3. The molecule has 0 aliphatic carbocycles. The lowest BCUT2D eigenvalue weighted by Crippen LogP contribution is -1.95. The van der Waals surface area contributed by atoms with Crippen molar-refractivity contribution >= 4 is 30.0 Å². The first kappa shape index (κ1) is 14.7. The molecule has 0 spiro atoms. The zero-order valence-corrected chi connectivity index (χ0v) is 13.4. The molecule has 0 saturated heterocycles. The highest BCUT2D eigenvalue weighted by atomic mass is 35.5. The SMILES string of the molecule is Cc1cccc(C=Nn2c(-c3cccc(Cl)c3)n[nH]c2=S)c1. The van der Waals surface area contributed by atoms with Crippen LogP contribution in [0.2, 0.25) is 5.02 Å². The average molecular weight is 329 g/mol. The average Bonchev–Trinajstić information content (AvgIpc) is 2.86. The highest BCUT2D eigenvalue weighted by molar-refractivity contribution is 7.71. The largest absolute Gasteiger partial charge is 0.250 e. The Morgan fingerprint density at radius 3 is 2.82 bits per heavy atom. The van der Waals surface area contributed by atoms with Crippen molar-refractivity contribution in [1.29, 1.82) is 0 Å². The summed E-state index contributed by atoms with van der Waals surface area (Å²) in [5, 5.41) is 12.1. The first-order valence-corrected chi connectivity index (χ1v) is 7.46. The molecule has 0 saturated carbocycles. The van der Waals surface area contributed by atoms with Gasteiger partial charge in [0.1, 0.15) is 0 Å². The van der Waals surface area contributed by atoms with Crippen LogP contribution >= 0.6 is 23.8 Å². The number of halogens is 1. The summed E-state index contributed by atoms with van der Waals surface area (Å²) in [5.74, 6) is 0.622. The second-order valence-electron chi connectivity index (χ2n) is 4.83. The maximum absolute atomic E-state index is 6.03. The van der Waals surface area contributed by atoms with Crippen LogP contribution in [-0.4, -0.2) is 21.1 Å². The van der Waals surface area contributed by atoms with E-state index in [1.165, 1.54) is 5.56 Å². The molecule has 1 aromatic heterocycles. The molecule has 3 aromatic rings. The number of aromatic nitrogens is 3. The van der Waals surface area contributed by atoms with Crippen LogP contribution in [0, 0.1) is 11.7 Å². The van der Waals surface area contributed by atoms with Crippen molar-refractivity contribution in [3.05, 3.63) is 69.5 Å². The Balaban J connectivity index is 2.01. The Morgan fingerprint density at radius 1 is 1.23 bits per heavy atom. The molecule has 0 unspecified atom stereocenters. The molecule has 0 atom stereocenters. The van der Waals surface area contributed by atoms with Crippen molar-refractivity contribution in [1.82, 2.24) is 14.9 Å². The maximum atomic E-state index is 6.03. The van der Waals surface area contributed by atoms with Gasteiger partial charge in [0.05, 0.1) is 6.21 Å². The lowest BCUT2D eigenvalue weighted by atomic mass is 10.2. The normalized spacial score (nSPS) is 11.2. The van der Waals surface area contributed by atoms with Crippen LogP contribution in [0.3, 0.4) is 0 Å². The van der Waals surface area contributed by atoms with Crippen molar-refractivity contribution in [2.24, 2.45) is 5.10 Å². The summed E-state index contributed by atoms with van der Waals surface area (Å²) in [4.78, 5) is 0. The van der Waals surface area contributed by atoms with E-state index in [2.05, 4.69) is 15.3 Å². The molecule has 2 aromatic carbocycles. The summed E-state index contributed by atoms with van der Waals surface area (Å²) in [6.07, 6.45) is 1.76. The number of benzene rings is 2. The molecule has 1 N–H and O–H groups in total. The third kappa shape index (κ3) is 3.16. The Morgan fingerprint density at radius 2 is 2.05 bits per heavy atom. The van der Waals surface area contributed by atoms with Crippen LogP contribution in [0.4, 0.5) is 0 Å². The maximum Gasteiger partial charge on any atom is 0.216 e. The lowest BCUT2D eigenvalue weighted by Gasteiger charge is -2.01. The van der Waals surface area contributed by atoms with Crippen LogP contribution in [0.5, 0.6) is 0 Å². The van der Waals surface area contributed by atoms with Crippen molar-refractivity contribution in [2.45, 2.75) is 6.92 Å². The van der Waals surface area contributed by atoms with Gasteiger partial charge in [-0.2, -0.15) is 14.9 Å². The summed E-state index contributed by atoms with van der Waals surface area (Å²) in [6, 6.07) is 15.5. The van der Waals surface area contributed by atoms with Gasteiger partial charge < -0.3 is 0 Å². The molecule has 0 bridgehead atoms. The molecule has 0 aliphatic heterocycles. The Labute approximate surface area is 138 Å². The minimum Gasteiger partial charge on any atom is -0.250 e. The molecule has 0 radical (unpaired) electrons. The van der Waals surface area contributed by atoms with Gasteiger partial charge in [0.2, 0.25) is 4.77 Å². The summed E-state index contributed by atoms with van der Waals surface area (Å²) in [6.45, 7) is 2.04. The fourth-order valence-electron chi connectivity index (χ4n) is 2.09. The fourth-order valence-corrected chi connectivity index (χ4v) is 2.46. The van der Waals surface area contributed by atoms with Crippen molar-refractivity contribution in [3.63, 3.8) is 0 Å². The van der Waals surface area contributed by atoms with Gasteiger partial charge in [-0.1, -0.05) is 53.6 Å². The third-order valence-corrected chi connectivity index (χ3v) is 3.60. The number of aromatic amines is 1. The van der Waals surface area contributed by atoms with Crippen LogP contribution in [0.15, 0.2) is 53.6 Å². The van der Waals surface area contributed by atoms with Gasteiger partial charge in [-0.15, -0.1) is 0 Å². The van der Waals surface area contributed by atoms with Gasteiger partial charge in [0.25, 0.3) is 0 Å². The second kappa shape index (κ2) is 6.25. The van der Waals surface area contributed by atoms with E-state index in [1.807, 2.05) is 55.5 Å². The number of nitrogens with zero attached hydrogens (tertiary/aromatic N) is 3. The summed E-state index contributed by atoms with van der Waals surface area (Å²) < 4.78 is 2.02. The zero-order chi connectivity index (χ0) is 15.5. The topological polar surface area (TPSA) is 46.0 Å².